The van der Waals surface area contributed by atoms with E-state index in [1.54, 1.807) is 18.2 Å². The van der Waals surface area contributed by atoms with E-state index in [0.717, 1.165) is 11.1 Å². The number of anilines is 1. The molecule has 0 heterocycles. The molecule has 0 aromatic heterocycles. The molecule has 1 N–H and O–H groups in total. The van der Waals surface area contributed by atoms with Crippen LogP contribution in [0.5, 0.6) is 0 Å². The van der Waals surface area contributed by atoms with Gasteiger partial charge in [-0.05, 0) is 48.7 Å². The third kappa shape index (κ3) is 5.76. The lowest BCUT2D eigenvalue weighted by Gasteiger charge is -2.21. The first-order valence-corrected chi connectivity index (χ1v) is 8.68. The van der Waals surface area contributed by atoms with Crippen LogP contribution in [-0.2, 0) is 16.0 Å². The Labute approximate surface area is 157 Å². The molecule has 0 aliphatic rings. The summed E-state index contributed by atoms with van der Waals surface area (Å²) < 4.78 is 0. The third-order valence-corrected chi connectivity index (χ3v) is 4.42. The molecule has 0 aliphatic heterocycles. The number of carbonyl (C=O) groups is 2. The fourth-order valence-electron chi connectivity index (χ4n) is 2.37. The maximum atomic E-state index is 12.2. The normalized spacial score (nSPS) is 10.4. The summed E-state index contributed by atoms with van der Waals surface area (Å²) in [6.45, 7) is 3.73. The van der Waals surface area contributed by atoms with Crippen LogP contribution in [0.25, 0.3) is 0 Å². The Morgan fingerprint density at radius 1 is 1.12 bits per heavy atom. The van der Waals surface area contributed by atoms with E-state index in [9.17, 15) is 9.59 Å². The second kappa shape index (κ2) is 8.88. The molecule has 0 radical (unpaired) electrons. The number of nitrogens with zero attached hydrogens (tertiary/aromatic N) is 1. The number of benzene rings is 2. The molecule has 0 bridgehead atoms. The zero-order valence-electron chi connectivity index (χ0n) is 14.2. The van der Waals surface area contributed by atoms with Gasteiger partial charge in [0.1, 0.15) is 6.54 Å². The Morgan fingerprint density at radius 3 is 2.52 bits per heavy atom. The van der Waals surface area contributed by atoms with Crippen molar-refractivity contribution in [2.45, 2.75) is 20.3 Å². The number of amides is 2. The lowest BCUT2D eigenvalue weighted by molar-refractivity contribution is -0.123. The number of rotatable bonds is 6. The maximum Gasteiger partial charge on any atom is 0.240 e. The smallest absolute Gasteiger partial charge is 0.240 e. The molecule has 2 amide bonds. The summed E-state index contributed by atoms with van der Waals surface area (Å²) >= 11 is 12.1. The van der Waals surface area contributed by atoms with Crippen LogP contribution in [0.1, 0.15) is 18.1 Å². The maximum absolute atomic E-state index is 12.2. The van der Waals surface area contributed by atoms with E-state index in [-0.39, 0.29) is 18.4 Å². The van der Waals surface area contributed by atoms with Crippen molar-refractivity contribution in [3.05, 3.63) is 63.6 Å². The van der Waals surface area contributed by atoms with E-state index in [2.05, 4.69) is 5.32 Å². The second-order valence-electron chi connectivity index (χ2n) is 5.77. The molecule has 132 valence electrons. The van der Waals surface area contributed by atoms with Crippen LogP contribution >= 0.6 is 23.2 Å². The van der Waals surface area contributed by atoms with Crippen molar-refractivity contribution < 1.29 is 9.59 Å². The van der Waals surface area contributed by atoms with E-state index in [0.29, 0.717) is 28.7 Å². The van der Waals surface area contributed by atoms with Crippen molar-refractivity contribution >= 4 is 40.7 Å². The van der Waals surface area contributed by atoms with E-state index in [4.69, 9.17) is 23.2 Å². The Morgan fingerprint density at radius 2 is 1.88 bits per heavy atom. The van der Waals surface area contributed by atoms with Crippen molar-refractivity contribution in [3.63, 3.8) is 0 Å². The second-order valence-corrected chi connectivity index (χ2v) is 6.61. The molecule has 2 rings (SSSR count). The van der Waals surface area contributed by atoms with Crippen LogP contribution in [0.4, 0.5) is 5.69 Å². The molecule has 2 aromatic carbocycles. The standard InChI is InChI=1S/C19H20Cl2N2O2/c1-13-6-7-17(11-18(13)21)23(14(2)24)12-19(25)22-9-8-15-4-3-5-16(20)10-15/h3-7,10-11H,8-9,12H2,1-2H3,(H,22,25). The Balaban J connectivity index is 1.93. The summed E-state index contributed by atoms with van der Waals surface area (Å²) in [7, 11) is 0. The molecule has 0 aliphatic carbocycles. The van der Waals surface area contributed by atoms with Crippen LogP contribution < -0.4 is 10.2 Å². The minimum atomic E-state index is -0.228. The molecule has 0 saturated carbocycles. The Kier molecular flexibility index (Phi) is 6.85. The van der Waals surface area contributed by atoms with Gasteiger partial charge < -0.3 is 10.2 Å². The van der Waals surface area contributed by atoms with Crippen molar-refractivity contribution in [2.75, 3.05) is 18.0 Å². The highest BCUT2D eigenvalue weighted by molar-refractivity contribution is 6.31. The quantitative estimate of drug-likeness (QED) is 0.825. The van der Waals surface area contributed by atoms with E-state index in [1.165, 1.54) is 11.8 Å². The third-order valence-electron chi connectivity index (χ3n) is 3.77. The molecular weight excluding hydrogens is 359 g/mol. The molecule has 0 unspecified atom stereocenters. The molecule has 0 saturated heterocycles. The van der Waals surface area contributed by atoms with Crippen molar-refractivity contribution in [2.24, 2.45) is 0 Å². The first-order chi connectivity index (χ1) is 11.9. The van der Waals surface area contributed by atoms with Crippen LogP contribution in [0.15, 0.2) is 42.5 Å². The van der Waals surface area contributed by atoms with E-state index >= 15 is 0 Å². The van der Waals surface area contributed by atoms with Gasteiger partial charge >= 0.3 is 0 Å². The van der Waals surface area contributed by atoms with Crippen molar-refractivity contribution in [3.8, 4) is 0 Å². The SMILES string of the molecule is CC(=O)N(CC(=O)NCCc1cccc(Cl)c1)c1ccc(C)c(Cl)c1. The van der Waals surface area contributed by atoms with Gasteiger partial charge in [0.25, 0.3) is 0 Å². The van der Waals surface area contributed by atoms with Gasteiger partial charge in [-0.3, -0.25) is 9.59 Å². The number of aryl methyl sites for hydroxylation is 1. The summed E-state index contributed by atoms with van der Waals surface area (Å²) in [5, 5.41) is 4.05. The lowest BCUT2D eigenvalue weighted by Crippen LogP contribution is -2.40. The summed E-state index contributed by atoms with van der Waals surface area (Å²) in [5.74, 6) is -0.446. The van der Waals surface area contributed by atoms with Gasteiger partial charge in [0.05, 0.1) is 0 Å². The average molecular weight is 379 g/mol. The van der Waals surface area contributed by atoms with Crippen LogP contribution in [-0.4, -0.2) is 24.9 Å². The van der Waals surface area contributed by atoms with Gasteiger partial charge in [-0.15, -0.1) is 0 Å². The molecule has 0 fully saturated rings. The predicted octanol–water partition coefficient (Wildman–Crippen LogP) is 4.01. The average Bonchev–Trinajstić information content (AvgIpc) is 2.55. The van der Waals surface area contributed by atoms with Crippen molar-refractivity contribution in [1.29, 1.82) is 0 Å². The van der Waals surface area contributed by atoms with Gasteiger partial charge in [-0.2, -0.15) is 0 Å². The van der Waals surface area contributed by atoms with Gasteiger partial charge in [0.2, 0.25) is 11.8 Å². The van der Waals surface area contributed by atoms with Gasteiger partial charge in [-0.1, -0.05) is 41.4 Å². The number of hydrogen-bond donors (Lipinski definition) is 1. The van der Waals surface area contributed by atoms with Crippen LogP contribution in [0.3, 0.4) is 0 Å². The number of halogens is 2. The highest BCUT2D eigenvalue weighted by Crippen LogP contribution is 2.23. The minimum absolute atomic E-state index is 0.0513. The minimum Gasteiger partial charge on any atom is -0.354 e. The van der Waals surface area contributed by atoms with Crippen molar-refractivity contribution in [1.82, 2.24) is 5.32 Å². The van der Waals surface area contributed by atoms with Gasteiger partial charge in [-0.25, -0.2) is 0 Å². The van der Waals surface area contributed by atoms with E-state index < -0.39 is 0 Å². The predicted molar refractivity (Wildman–Crippen MR) is 102 cm³/mol. The number of nitrogens with one attached hydrogen (secondary N) is 1. The summed E-state index contributed by atoms with van der Waals surface area (Å²) in [4.78, 5) is 25.5. The molecule has 0 atom stereocenters. The summed E-state index contributed by atoms with van der Waals surface area (Å²) in [6.07, 6.45) is 0.669. The topological polar surface area (TPSA) is 49.4 Å². The number of carbonyl (C=O) groups excluding carboxylic acids is 2. The molecule has 2 aromatic rings. The summed E-state index contributed by atoms with van der Waals surface area (Å²) in [6, 6.07) is 12.8. The van der Waals surface area contributed by atoms with Crippen LogP contribution in [0, 0.1) is 6.92 Å². The molecule has 25 heavy (non-hydrogen) atoms. The van der Waals surface area contributed by atoms with Gasteiger partial charge in [0.15, 0.2) is 0 Å². The fourth-order valence-corrected chi connectivity index (χ4v) is 2.76. The number of hydrogen-bond acceptors (Lipinski definition) is 2. The first-order valence-electron chi connectivity index (χ1n) is 7.92. The highest BCUT2D eigenvalue weighted by atomic mass is 35.5. The lowest BCUT2D eigenvalue weighted by atomic mass is 10.1. The monoisotopic (exact) mass is 378 g/mol. The van der Waals surface area contributed by atoms with E-state index in [1.807, 2.05) is 31.2 Å². The summed E-state index contributed by atoms with van der Waals surface area (Å²) in [5.41, 5.74) is 2.56. The molecule has 4 nitrogen and oxygen atoms in total. The molecule has 0 spiro atoms. The zero-order chi connectivity index (χ0) is 18.4. The Bertz CT molecular complexity index is 778. The largest absolute Gasteiger partial charge is 0.354 e. The first kappa shape index (κ1) is 19.3. The highest BCUT2D eigenvalue weighted by Gasteiger charge is 2.16. The zero-order valence-corrected chi connectivity index (χ0v) is 15.7. The molecule has 6 heteroatoms. The molecular formula is C19H20Cl2N2O2. The van der Waals surface area contributed by atoms with Gasteiger partial charge in [0, 0.05) is 29.2 Å². The van der Waals surface area contributed by atoms with Crippen LogP contribution in [0.2, 0.25) is 10.0 Å². The fraction of sp³-hybridized carbons (Fsp3) is 0.263. The Hall–Kier alpha value is -2.04.